The number of Topliss-reactive ketones (excluding diaryl/α,β-unsaturated/α-hetero) is 2. The van der Waals surface area contributed by atoms with Gasteiger partial charge in [-0.3, -0.25) is 9.59 Å². The zero-order valence-corrected chi connectivity index (χ0v) is 8.84. The van der Waals surface area contributed by atoms with Crippen molar-refractivity contribution in [1.29, 1.82) is 0 Å². The maximum absolute atomic E-state index is 11.6. The summed E-state index contributed by atoms with van der Waals surface area (Å²) in [5, 5.41) is 0. The van der Waals surface area contributed by atoms with E-state index >= 15 is 0 Å². The number of carbonyl (C=O) groups is 2. The van der Waals surface area contributed by atoms with E-state index in [-0.39, 0.29) is 23.9 Å². The van der Waals surface area contributed by atoms with Gasteiger partial charge in [-0.15, -0.1) is 0 Å². The fraction of sp³-hybridized carbons (Fsp3) is 0.667. The highest BCUT2D eigenvalue weighted by molar-refractivity contribution is 6.38. The van der Waals surface area contributed by atoms with Crippen molar-refractivity contribution in [3.05, 3.63) is 12.2 Å². The van der Waals surface area contributed by atoms with Gasteiger partial charge >= 0.3 is 0 Å². The van der Waals surface area contributed by atoms with E-state index < -0.39 is 0 Å². The van der Waals surface area contributed by atoms with Crippen LogP contribution in [0.15, 0.2) is 12.2 Å². The molecule has 2 nitrogen and oxygen atoms in total. The van der Waals surface area contributed by atoms with Crippen LogP contribution < -0.4 is 0 Å². The average Bonchev–Trinajstić information content (AvgIpc) is 2.17. The van der Waals surface area contributed by atoms with Crippen molar-refractivity contribution in [3.63, 3.8) is 0 Å². The molecule has 1 aliphatic carbocycles. The first kappa shape index (κ1) is 11.2. The van der Waals surface area contributed by atoms with Gasteiger partial charge in [0.15, 0.2) is 0 Å². The molecule has 0 unspecified atom stereocenters. The SMILES string of the molecule is C=C(C)CC(=O)C(=O)C1CCCCC1. The monoisotopic (exact) mass is 194 g/mol. The van der Waals surface area contributed by atoms with Gasteiger partial charge in [0, 0.05) is 12.3 Å². The lowest BCUT2D eigenvalue weighted by Crippen LogP contribution is -2.25. The Hall–Kier alpha value is -0.920. The fourth-order valence-corrected chi connectivity index (χ4v) is 1.95. The molecule has 0 heterocycles. The Labute approximate surface area is 85.4 Å². The van der Waals surface area contributed by atoms with Gasteiger partial charge in [0.1, 0.15) is 0 Å². The van der Waals surface area contributed by atoms with Crippen molar-refractivity contribution in [1.82, 2.24) is 0 Å². The standard InChI is InChI=1S/C12H18O2/c1-9(2)8-11(13)12(14)10-6-4-3-5-7-10/h10H,1,3-8H2,2H3. The number of hydrogen-bond acceptors (Lipinski definition) is 2. The summed E-state index contributed by atoms with van der Waals surface area (Å²) in [5.74, 6) is -0.396. The molecule has 0 saturated heterocycles. The molecule has 0 aromatic carbocycles. The smallest absolute Gasteiger partial charge is 0.202 e. The van der Waals surface area contributed by atoms with Crippen molar-refractivity contribution in [3.8, 4) is 0 Å². The summed E-state index contributed by atoms with van der Waals surface area (Å²) in [6.45, 7) is 5.43. The summed E-state index contributed by atoms with van der Waals surface area (Å²) in [6.07, 6.45) is 5.43. The molecule has 2 heteroatoms. The normalized spacial score (nSPS) is 17.8. The lowest BCUT2D eigenvalue weighted by Gasteiger charge is -2.19. The van der Waals surface area contributed by atoms with E-state index in [0.717, 1.165) is 31.3 Å². The van der Waals surface area contributed by atoms with Gasteiger partial charge < -0.3 is 0 Å². The van der Waals surface area contributed by atoms with Crippen LogP contribution in [0.3, 0.4) is 0 Å². The average molecular weight is 194 g/mol. The van der Waals surface area contributed by atoms with E-state index in [9.17, 15) is 9.59 Å². The second-order valence-electron chi connectivity index (χ2n) is 4.26. The van der Waals surface area contributed by atoms with Crippen LogP contribution in [-0.2, 0) is 9.59 Å². The van der Waals surface area contributed by atoms with Gasteiger partial charge in [0.05, 0.1) is 0 Å². The number of allylic oxidation sites excluding steroid dienone is 1. The molecule has 0 radical (unpaired) electrons. The van der Waals surface area contributed by atoms with Gasteiger partial charge in [0.25, 0.3) is 0 Å². The Morgan fingerprint density at radius 2 is 1.79 bits per heavy atom. The molecule has 0 aromatic heterocycles. The van der Waals surface area contributed by atoms with Crippen molar-refractivity contribution in [2.24, 2.45) is 5.92 Å². The van der Waals surface area contributed by atoms with E-state index in [0.29, 0.717) is 0 Å². The molecule has 78 valence electrons. The van der Waals surface area contributed by atoms with E-state index in [1.165, 1.54) is 6.42 Å². The first-order valence-electron chi connectivity index (χ1n) is 5.32. The summed E-state index contributed by atoms with van der Waals surface area (Å²) < 4.78 is 0. The largest absolute Gasteiger partial charge is 0.291 e. The van der Waals surface area contributed by atoms with Crippen molar-refractivity contribution in [2.45, 2.75) is 45.4 Å². The Kier molecular flexibility index (Phi) is 4.05. The highest BCUT2D eigenvalue weighted by Gasteiger charge is 2.25. The Bertz CT molecular complexity index is 247. The molecule has 0 bridgehead atoms. The van der Waals surface area contributed by atoms with Crippen molar-refractivity contribution >= 4 is 11.6 Å². The van der Waals surface area contributed by atoms with Crippen LogP contribution in [0.5, 0.6) is 0 Å². The maximum Gasteiger partial charge on any atom is 0.202 e. The minimum absolute atomic E-state index is 0.00981. The molecule has 0 N–H and O–H groups in total. The lowest BCUT2D eigenvalue weighted by atomic mass is 9.84. The van der Waals surface area contributed by atoms with Gasteiger partial charge in [-0.2, -0.15) is 0 Å². The molecule has 1 rings (SSSR count). The van der Waals surface area contributed by atoms with Crippen LogP contribution in [0.4, 0.5) is 0 Å². The number of ketones is 2. The third-order valence-corrected chi connectivity index (χ3v) is 2.71. The molecule has 0 atom stereocenters. The highest BCUT2D eigenvalue weighted by Crippen LogP contribution is 2.25. The minimum atomic E-state index is -0.246. The van der Waals surface area contributed by atoms with Crippen LogP contribution in [-0.4, -0.2) is 11.6 Å². The summed E-state index contributed by atoms with van der Waals surface area (Å²) in [4.78, 5) is 23.1. The number of carbonyl (C=O) groups excluding carboxylic acids is 2. The number of rotatable bonds is 4. The van der Waals surface area contributed by atoms with Crippen LogP contribution in [0, 0.1) is 5.92 Å². The Morgan fingerprint density at radius 1 is 1.21 bits per heavy atom. The molecule has 14 heavy (non-hydrogen) atoms. The van der Waals surface area contributed by atoms with E-state index in [4.69, 9.17) is 0 Å². The molecule has 0 amide bonds. The van der Waals surface area contributed by atoms with E-state index in [1.807, 2.05) is 0 Å². The van der Waals surface area contributed by atoms with Crippen LogP contribution >= 0.6 is 0 Å². The molecule has 0 spiro atoms. The number of hydrogen-bond donors (Lipinski definition) is 0. The predicted octanol–water partition coefficient (Wildman–Crippen LogP) is 2.67. The summed E-state index contributed by atoms with van der Waals surface area (Å²) in [6, 6.07) is 0. The van der Waals surface area contributed by atoms with Gasteiger partial charge in [0.2, 0.25) is 11.6 Å². The molecular weight excluding hydrogens is 176 g/mol. The zero-order chi connectivity index (χ0) is 10.6. The quantitative estimate of drug-likeness (QED) is 0.509. The molecule has 0 aliphatic heterocycles. The Morgan fingerprint density at radius 3 is 2.29 bits per heavy atom. The van der Waals surface area contributed by atoms with Crippen molar-refractivity contribution in [2.75, 3.05) is 0 Å². The Balaban J connectivity index is 2.46. The molecule has 1 aliphatic rings. The fourth-order valence-electron chi connectivity index (χ4n) is 1.95. The lowest BCUT2D eigenvalue weighted by molar-refractivity contribution is -0.139. The molecule has 0 aromatic rings. The summed E-state index contributed by atoms with van der Waals surface area (Å²) in [7, 11) is 0. The second kappa shape index (κ2) is 5.08. The van der Waals surface area contributed by atoms with Gasteiger partial charge in [-0.1, -0.05) is 31.4 Å². The third kappa shape index (κ3) is 3.09. The van der Waals surface area contributed by atoms with Crippen LogP contribution in [0.25, 0.3) is 0 Å². The molecular formula is C12H18O2. The maximum atomic E-state index is 11.6. The van der Waals surface area contributed by atoms with Crippen molar-refractivity contribution < 1.29 is 9.59 Å². The topological polar surface area (TPSA) is 34.1 Å². The van der Waals surface area contributed by atoms with Gasteiger partial charge in [-0.25, -0.2) is 0 Å². The van der Waals surface area contributed by atoms with E-state index in [2.05, 4.69) is 6.58 Å². The van der Waals surface area contributed by atoms with Crippen LogP contribution in [0.1, 0.15) is 45.4 Å². The molecule has 1 fully saturated rings. The third-order valence-electron chi connectivity index (χ3n) is 2.71. The summed E-state index contributed by atoms with van der Waals surface area (Å²) in [5.41, 5.74) is 0.777. The molecule has 1 saturated carbocycles. The highest BCUT2D eigenvalue weighted by atomic mass is 16.2. The second-order valence-corrected chi connectivity index (χ2v) is 4.26. The summed E-state index contributed by atoms with van der Waals surface area (Å²) >= 11 is 0. The predicted molar refractivity (Wildman–Crippen MR) is 56.0 cm³/mol. The van der Waals surface area contributed by atoms with E-state index in [1.54, 1.807) is 6.92 Å². The van der Waals surface area contributed by atoms with Gasteiger partial charge in [-0.05, 0) is 19.8 Å². The van der Waals surface area contributed by atoms with Crippen LogP contribution in [0.2, 0.25) is 0 Å². The zero-order valence-electron chi connectivity index (χ0n) is 8.84. The first-order valence-corrected chi connectivity index (χ1v) is 5.32. The minimum Gasteiger partial charge on any atom is -0.291 e. The first-order chi connectivity index (χ1) is 6.61.